The maximum Gasteiger partial charge on any atom is 0.416 e. The Morgan fingerprint density at radius 2 is 2.00 bits per heavy atom. The molecule has 0 saturated carbocycles. The summed E-state index contributed by atoms with van der Waals surface area (Å²) in [5, 5.41) is 0. The number of benzene rings is 1. The average molecular weight is 258 g/mol. The molecule has 18 heavy (non-hydrogen) atoms. The number of anilines is 1. The van der Waals surface area contributed by atoms with Crippen molar-refractivity contribution in [3.63, 3.8) is 0 Å². The summed E-state index contributed by atoms with van der Waals surface area (Å²) in [6.07, 6.45) is -4.36. The molecule has 2 rings (SSSR count). The standard InChI is InChI=1S/C11H13F3N4/c1-6(2)18-9-5-7(11(12,13)14)3-4-8(9)16-10(18)17-15/h3-6H,15H2,1-2H3,(H,16,17). The Bertz CT molecular complexity index is 571. The second-order valence-electron chi connectivity index (χ2n) is 4.24. The molecule has 0 fully saturated rings. The third kappa shape index (κ3) is 2.01. The van der Waals surface area contributed by atoms with E-state index in [1.54, 1.807) is 4.57 Å². The second-order valence-corrected chi connectivity index (χ2v) is 4.24. The fraction of sp³-hybridized carbons (Fsp3) is 0.364. The van der Waals surface area contributed by atoms with Crippen LogP contribution >= 0.6 is 0 Å². The first-order valence-electron chi connectivity index (χ1n) is 5.40. The molecular weight excluding hydrogens is 245 g/mol. The molecule has 0 aliphatic rings. The fourth-order valence-corrected chi connectivity index (χ4v) is 1.89. The van der Waals surface area contributed by atoms with Crippen LogP contribution in [0.2, 0.25) is 0 Å². The van der Waals surface area contributed by atoms with E-state index in [0.29, 0.717) is 17.0 Å². The van der Waals surface area contributed by atoms with Gasteiger partial charge in [0, 0.05) is 6.04 Å². The molecule has 0 amide bonds. The van der Waals surface area contributed by atoms with Crippen molar-refractivity contribution in [3.8, 4) is 0 Å². The second kappa shape index (κ2) is 4.16. The quantitative estimate of drug-likeness (QED) is 0.643. The number of rotatable bonds is 2. The van der Waals surface area contributed by atoms with Gasteiger partial charge in [0.25, 0.3) is 0 Å². The Morgan fingerprint density at radius 3 is 2.50 bits per heavy atom. The van der Waals surface area contributed by atoms with E-state index in [1.807, 2.05) is 13.8 Å². The minimum Gasteiger partial charge on any atom is -0.307 e. The van der Waals surface area contributed by atoms with Gasteiger partial charge in [-0.15, -0.1) is 0 Å². The number of nitrogens with two attached hydrogens (primary N) is 1. The van der Waals surface area contributed by atoms with Crippen molar-refractivity contribution in [2.45, 2.75) is 26.1 Å². The van der Waals surface area contributed by atoms with Gasteiger partial charge in [0.1, 0.15) is 0 Å². The first-order valence-corrected chi connectivity index (χ1v) is 5.40. The summed E-state index contributed by atoms with van der Waals surface area (Å²) >= 11 is 0. The van der Waals surface area contributed by atoms with Crippen LogP contribution in [0.3, 0.4) is 0 Å². The SMILES string of the molecule is CC(C)n1c(NN)nc2ccc(C(F)(F)F)cc21. The highest BCUT2D eigenvalue weighted by Crippen LogP contribution is 2.33. The third-order valence-electron chi connectivity index (χ3n) is 2.66. The lowest BCUT2D eigenvalue weighted by molar-refractivity contribution is -0.137. The first kappa shape index (κ1) is 12.7. The zero-order valence-corrected chi connectivity index (χ0v) is 9.92. The van der Waals surface area contributed by atoms with Crippen LogP contribution < -0.4 is 11.3 Å². The van der Waals surface area contributed by atoms with Crippen LogP contribution in [0.15, 0.2) is 18.2 Å². The third-order valence-corrected chi connectivity index (χ3v) is 2.66. The number of hydrogen-bond donors (Lipinski definition) is 2. The Labute approximate surface area is 102 Å². The van der Waals surface area contributed by atoms with Gasteiger partial charge in [-0.3, -0.25) is 5.43 Å². The molecule has 0 bridgehead atoms. The Morgan fingerprint density at radius 1 is 1.33 bits per heavy atom. The molecule has 1 aromatic heterocycles. The summed E-state index contributed by atoms with van der Waals surface area (Å²) in [7, 11) is 0. The Balaban J connectivity index is 2.71. The van der Waals surface area contributed by atoms with E-state index in [4.69, 9.17) is 5.84 Å². The number of hydrogen-bond acceptors (Lipinski definition) is 3. The number of aromatic nitrogens is 2. The molecule has 1 aromatic carbocycles. The molecule has 0 atom stereocenters. The maximum absolute atomic E-state index is 12.7. The summed E-state index contributed by atoms with van der Waals surface area (Å²) in [6, 6.07) is 3.39. The number of halogens is 3. The molecule has 7 heteroatoms. The molecule has 1 heterocycles. The molecule has 0 aliphatic heterocycles. The lowest BCUT2D eigenvalue weighted by Crippen LogP contribution is -2.14. The van der Waals surface area contributed by atoms with E-state index < -0.39 is 11.7 Å². The highest BCUT2D eigenvalue weighted by molar-refractivity contribution is 5.79. The lowest BCUT2D eigenvalue weighted by Gasteiger charge is -2.13. The predicted molar refractivity (Wildman–Crippen MR) is 62.9 cm³/mol. The van der Waals surface area contributed by atoms with Crippen molar-refractivity contribution < 1.29 is 13.2 Å². The van der Waals surface area contributed by atoms with Crippen molar-refractivity contribution in [2.75, 3.05) is 5.43 Å². The fourth-order valence-electron chi connectivity index (χ4n) is 1.89. The zero-order valence-electron chi connectivity index (χ0n) is 9.92. The number of imidazole rings is 1. The summed E-state index contributed by atoms with van der Waals surface area (Å²) < 4.78 is 39.6. The molecule has 4 nitrogen and oxygen atoms in total. The van der Waals surface area contributed by atoms with Crippen LogP contribution in [-0.2, 0) is 6.18 Å². The summed E-state index contributed by atoms with van der Waals surface area (Å²) in [6.45, 7) is 3.70. The summed E-state index contributed by atoms with van der Waals surface area (Å²) in [4.78, 5) is 4.14. The molecule has 0 aliphatic carbocycles. The summed E-state index contributed by atoms with van der Waals surface area (Å²) in [5.41, 5.74) is 2.59. The molecule has 3 N–H and O–H groups in total. The topological polar surface area (TPSA) is 55.9 Å². The Kier molecular flexibility index (Phi) is 2.94. The van der Waals surface area contributed by atoms with Gasteiger partial charge in [0.05, 0.1) is 16.6 Å². The van der Waals surface area contributed by atoms with Crippen molar-refractivity contribution in [1.29, 1.82) is 0 Å². The van der Waals surface area contributed by atoms with Crippen molar-refractivity contribution >= 4 is 17.0 Å². The lowest BCUT2D eigenvalue weighted by atomic mass is 10.2. The monoisotopic (exact) mass is 258 g/mol. The average Bonchev–Trinajstić information content (AvgIpc) is 2.64. The Hall–Kier alpha value is -1.76. The highest BCUT2D eigenvalue weighted by Gasteiger charge is 2.31. The van der Waals surface area contributed by atoms with Gasteiger partial charge in [-0.05, 0) is 32.0 Å². The zero-order chi connectivity index (χ0) is 13.5. The largest absolute Gasteiger partial charge is 0.416 e. The van der Waals surface area contributed by atoms with Gasteiger partial charge in [0.2, 0.25) is 5.95 Å². The number of nitrogen functional groups attached to an aromatic ring is 1. The highest BCUT2D eigenvalue weighted by atomic mass is 19.4. The molecule has 0 spiro atoms. The molecular formula is C11H13F3N4. The van der Waals surface area contributed by atoms with Crippen LogP contribution in [0.1, 0.15) is 25.5 Å². The van der Waals surface area contributed by atoms with E-state index in [2.05, 4.69) is 10.4 Å². The number of nitrogens with zero attached hydrogens (tertiary/aromatic N) is 2. The number of fused-ring (bicyclic) bond motifs is 1. The maximum atomic E-state index is 12.7. The van der Waals surface area contributed by atoms with Crippen LogP contribution in [-0.4, -0.2) is 9.55 Å². The van der Waals surface area contributed by atoms with E-state index in [0.717, 1.165) is 12.1 Å². The predicted octanol–water partition coefficient (Wildman–Crippen LogP) is 2.92. The van der Waals surface area contributed by atoms with Crippen LogP contribution in [0, 0.1) is 0 Å². The molecule has 2 aromatic rings. The van der Waals surface area contributed by atoms with E-state index in [9.17, 15) is 13.2 Å². The summed E-state index contributed by atoms with van der Waals surface area (Å²) in [5.74, 6) is 5.67. The van der Waals surface area contributed by atoms with Crippen molar-refractivity contribution in [1.82, 2.24) is 9.55 Å². The van der Waals surface area contributed by atoms with Crippen LogP contribution in [0.25, 0.3) is 11.0 Å². The smallest absolute Gasteiger partial charge is 0.307 e. The molecule has 0 saturated heterocycles. The molecule has 98 valence electrons. The molecule has 0 unspecified atom stereocenters. The number of nitrogens with one attached hydrogen (secondary N) is 1. The number of alkyl halides is 3. The van der Waals surface area contributed by atoms with Gasteiger partial charge in [-0.25, -0.2) is 10.8 Å². The minimum absolute atomic E-state index is 0.0514. The normalized spacial score (nSPS) is 12.4. The van der Waals surface area contributed by atoms with Gasteiger partial charge < -0.3 is 4.57 Å². The van der Waals surface area contributed by atoms with Crippen molar-refractivity contribution in [3.05, 3.63) is 23.8 Å². The number of hydrazine groups is 1. The van der Waals surface area contributed by atoms with Crippen LogP contribution in [0.5, 0.6) is 0 Å². The van der Waals surface area contributed by atoms with Gasteiger partial charge >= 0.3 is 6.18 Å². The van der Waals surface area contributed by atoms with Gasteiger partial charge in [0.15, 0.2) is 0 Å². The molecule has 0 radical (unpaired) electrons. The van der Waals surface area contributed by atoms with E-state index in [-0.39, 0.29) is 6.04 Å². The first-order chi connectivity index (χ1) is 8.34. The van der Waals surface area contributed by atoms with E-state index >= 15 is 0 Å². The van der Waals surface area contributed by atoms with Gasteiger partial charge in [-0.1, -0.05) is 0 Å². The van der Waals surface area contributed by atoms with Gasteiger partial charge in [-0.2, -0.15) is 13.2 Å². The van der Waals surface area contributed by atoms with Crippen LogP contribution in [0.4, 0.5) is 19.1 Å². The van der Waals surface area contributed by atoms with Crippen molar-refractivity contribution in [2.24, 2.45) is 5.84 Å². The van der Waals surface area contributed by atoms with E-state index in [1.165, 1.54) is 6.07 Å². The minimum atomic E-state index is -4.36.